The molecule has 124 valence electrons. The molecule has 1 aliphatic carbocycles. The molecule has 5 heteroatoms. The number of thiophene rings is 1. The maximum atomic E-state index is 5.99. The Bertz CT molecular complexity index is 857. The van der Waals surface area contributed by atoms with Crippen molar-refractivity contribution in [2.45, 2.75) is 38.6 Å². The smallest absolute Gasteiger partial charge is 0.141 e. The van der Waals surface area contributed by atoms with Crippen molar-refractivity contribution in [1.29, 1.82) is 0 Å². The van der Waals surface area contributed by atoms with E-state index in [1.165, 1.54) is 47.1 Å². The van der Waals surface area contributed by atoms with Crippen LogP contribution in [0.4, 0.5) is 5.82 Å². The minimum absolute atomic E-state index is 0.772. The zero-order valence-electron chi connectivity index (χ0n) is 13.8. The quantitative estimate of drug-likeness (QED) is 0.599. The summed E-state index contributed by atoms with van der Waals surface area (Å²) in [6.07, 6.45) is 7.94. The highest BCUT2D eigenvalue weighted by molar-refractivity contribution is 7.18. The van der Waals surface area contributed by atoms with Gasteiger partial charge in [-0.2, -0.15) is 0 Å². The fourth-order valence-electron chi connectivity index (χ4n) is 3.48. The first-order valence-electron chi connectivity index (χ1n) is 8.43. The fourth-order valence-corrected chi connectivity index (χ4v) is 4.83. The van der Waals surface area contributed by atoms with E-state index >= 15 is 0 Å². The number of aromatic nitrogens is 2. The number of hydrogen-bond acceptors (Lipinski definition) is 4. The standard InChI is InChI=1S/C19H20ClN3S/c1-23(11-13-7-9-14(20)10-8-13)18-17-15-5-3-2-4-6-16(15)24-19(17)22-12-21-18/h7-10,12H,2-6,11H2,1H3. The second kappa shape index (κ2) is 6.69. The highest BCUT2D eigenvalue weighted by Gasteiger charge is 2.20. The highest BCUT2D eigenvalue weighted by atomic mass is 35.5. The van der Waals surface area contributed by atoms with Crippen molar-refractivity contribution < 1.29 is 0 Å². The van der Waals surface area contributed by atoms with E-state index in [1.807, 2.05) is 23.5 Å². The van der Waals surface area contributed by atoms with Gasteiger partial charge in [-0.1, -0.05) is 30.2 Å². The van der Waals surface area contributed by atoms with Crippen LogP contribution < -0.4 is 4.90 Å². The molecule has 0 saturated carbocycles. The summed E-state index contributed by atoms with van der Waals surface area (Å²) in [5.41, 5.74) is 2.72. The van der Waals surface area contributed by atoms with Crippen LogP contribution in [0.25, 0.3) is 10.2 Å². The van der Waals surface area contributed by atoms with E-state index in [0.29, 0.717) is 0 Å². The Morgan fingerprint density at radius 3 is 2.71 bits per heavy atom. The fraction of sp³-hybridized carbons (Fsp3) is 0.368. The summed E-state index contributed by atoms with van der Waals surface area (Å²) in [5.74, 6) is 1.05. The first-order valence-corrected chi connectivity index (χ1v) is 9.62. The van der Waals surface area contributed by atoms with E-state index in [-0.39, 0.29) is 0 Å². The minimum Gasteiger partial charge on any atom is -0.355 e. The number of anilines is 1. The number of hydrogen-bond donors (Lipinski definition) is 0. The van der Waals surface area contributed by atoms with Gasteiger partial charge in [0.15, 0.2) is 0 Å². The van der Waals surface area contributed by atoms with Crippen molar-refractivity contribution in [2.24, 2.45) is 0 Å². The van der Waals surface area contributed by atoms with Crippen molar-refractivity contribution in [3.63, 3.8) is 0 Å². The molecule has 24 heavy (non-hydrogen) atoms. The topological polar surface area (TPSA) is 29.0 Å². The third kappa shape index (κ3) is 3.01. The molecule has 0 radical (unpaired) electrons. The lowest BCUT2D eigenvalue weighted by Gasteiger charge is -2.19. The van der Waals surface area contributed by atoms with Gasteiger partial charge in [-0.25, -0.2) is 9.97 Å². The SMILES string of the molecule is CN(Cc1ccc(Cl)cc1)c1ncnc2sc3c(c12)CCCCC3. The Labute approximate surface area is 151 Å². The molecule has 4 rings (SSSR count). The van der Waals surface area contributed by atoms with Gasteiger partial charge < -0.3 is 4.90 Å². The predicted molar refractivity (Wildman–Crippen MR) is 102 cm³/mol. The third-order valence-corrected chi connectivity index (χ3v) is 6.13. The van der Waals surface area contributed by atoms with Gasteiger partial charge in [0.05, 0.1) is 5.39 Å². The molecule has 0 N–H and O–H groups in total. The predicted octanol–water partition coefficient (Wildman–Crippen LogP) is 5.25. The van der Waals surface area contributed by atoms with Crippen LogP contribution in [-0.2, 0) is 19.4 Å². The van der Waals surface area contributed by atoms with Crippen LogP contribution in [0.15, 0.2) is 30.6 Å². The zero-order chi connectivity index (χ0) is 16.5. The van der Waals surface area contributed by atoms with Crippen LogP contribution in [0.3, 0.4) is 0 Å². The van der Waals surface area contributed by atoms with E-state index in [9.17, 15) is 0 Å². The lowest BCUT2D eigenvalue weighted by Crippen LogP contribution is -2.18. The summed E-state index contributed by atoms with van der Waals surface area (Å²) in [6, 6.07) is 8.03. The summed E-state index contributed by atoms with van der Waals surface area (Å²) in [5, 5.41) is 2.05. The molecule has 0 aliphatic heterocycles. The van der Waals surface area contributed by atoms with E-state index in [2.05, 4.69) is 34.0 Å². The third-order valence-electron chi connectivity index (χ3n) is 4.68. The maximum Gasteiger partial charge on any atom is 0.141 e. The maximum absolute atomic E-state index is 5.99. The van der Waals surface area contributed by atoms with Crippen molar-refractivity contribution >= 4 is 39.0 Å². The summed E-state index contributed by atoms with van der Waals surface area (Å²) in [6.45, 7) is 0.813. The molecular weight excluding hydrogens is 338 g/mol. The monoisotopic (exact) mass is 357 g/mol. The molecular formula is C19H20ClN3S. The molecule has 1 aliphatic rings. The summed E-state index contributed by atoms with van der Waals surface area (Å²) in [7, 11) is 2.11. The zero-order valence-corrected chi connectivity index (χ0v) is 15.3. The normalized spacial score (nSPS) is 14.4. The minimum atomic E-state index is 0.772. The molecule has 0 bridgehead atoms. The van der Waals surface area contributed by atoms with Crippen molar-refractivity contribution in [3.05, 3.63) is 51.6 Å². The van der Waals surface area contributed by atoms with E-state index in [1.54, 1.807) is 6.33 Å². The Morgan fingerprint density at radius 1 is 1.08 bits per heavy atom. The van der Waals surface area contributed by atoms with Gasteiger partial charge in [0, 0.05) is 23.5 Å². The lowest BCUT2D eigenvalue weighted by molar-refractivity contribution is 0.713. The number of aryl methyl sites for hydroxylation is 2. The van der Waals surface area contributed by atoms with Gasteiger partial charge in [0.1, 0.15) is 17.0 Å². The molecule has 0 amide bonds. The van der Waals surface area contributed by atoms with Crippen molar-refractivity contribution in [2.75, 3.05) is 11.9 Å². The Morgan fingerprint density at radius 2 is 1.88 bits per heavy atom. The van der Waals surface area contributed by atoms with Crippen LogP contribution in [0.5, 0.6) is 0 Å². The van der Waals surface area contributed by atoms with Crippen LogP contribution in [0.2, 0.25) is 5.02 Å². The second-order valence-corrected chi connectivity index (χ2v) is 7.94. The number of rotatable bonds is 3. The second-order valence-electron chi connectivity index (χ2n) is 6.42. The number of nitrogens with zero attached hydrogens (tertiary/aromatic N) is 3. The van der Waals surface area contributed by atoms with E-state index in [4.69, 9.17) is 11.6 Å². The summed E-state index contributed by atoms with van der Waals surface area (Å²) in [4.78, 5) is 14.0. The molecule has 0 unspecified atom stereocenters. The summed E-state index contributed by atoms with van der Waals surface area (Å²) >= 11 is 7.85. The van der Waals surface area contributed by atoms with Crippen LogP contribution in [0.1, 0.15) is 35.3 Å². The van der Waals surface area contributed by atoms with Gasteiger partial charge in [0.25, 0.3) is 0 Å². The Balaban J connectivity index is 1.72. The van der Waals surface area contributed by atoms with Crippen molar-refractivity contribution in [3.8, 4) is 0 Å². The lowest BCUT2D eigenvalue weighted by atomic mass is 10.1. The molecule has 2 heterocycles. The van der Waals surface area contributed by atoms with Gasteiger partial charge in [-0.05, 0) is 48.9 Å². The average molecular weight is 358 g/mol. The van der Waals surface area contributed by atoms with Crippen LogP contribution in [0, 0.1) is 0 Å². The molecule has 0 saturated heterocycles. The molecule has 0 spiro atoms. The van der Waals surface area contributed by atoms with Crippen molar-refractivity contribution in [1.82, 2.24) is 9.97 Å². The van der Waals surface area contributed by atoms with Crippen LogP contribution in [-0.4, -0.2) is 17.0 Å². The first kappa shape index (κ1) is 15.9. The molecule has 3 nitrogen and oxygen atoms in total. The molecule has 0 fully saturated rings. The largest absolute Gasteiger partial charge is 0.355 e. The van der Waals surface area contributed by atoms with Crippen LogP contribution >= 0.6 is 22.9 Å². The van der Waals surface area contributed by atoms with E-state index in [0.717, 1.165) is 28.6 Å². The molecule has 2 aromatic heterocycles. The summed E-state index contributed by atoms with van der Waals surface area (Å²) < 4.78 is 0. The Kier molecular flexibility index (Phi) is 4.42. The molecule has 1 aromatic carbocycles. The Hall–Kier alpha value is -1.65. The molecule has 3 aromatic rings. The number of benzene rings is 1. The average Bonchev–Trinajstić information content (AvgIpc) is 2.78. The number of halogens is 1. The van der Waals surface area contributed by atoms with E-state index < -0.39 is 0 Å². The highest BCUT2D eigenvalue weighted by Crippen LogP contribution is 2.38. The number of fused-ring (bicyclic) bond motifs is 3. The van der Waals surface area contributed by atoms with Gasteiger partial charge in [-0.3, -0.25) is 0 Å². The van der Waals surface area contributed by atoms with Gasteiger partial charge >= 0.3 is 0 Å². The molecule has 0 atom stereocenters. The van der Waals surface area contributed by atoms with Gasteiger partial charge in [0.2, 0.25) is 0 Å². The van der Waals surface area contributed by atoms with Gasteiger partial charge in [-0.15, -0.1) is 11.3 Å². The first-order chi connectivity index (χ1) is 11.7.